The molecule has 0 aromatic heterocycles. The van der Waals surface area contributed by atoms with Crippen LogP contribution in [0.4, 0.5) is 0 Å². The normalized spacial score (nSPS) is 16.8. The standard InChI is InChI=1S/C16H17O4P/c17-16(12-7-13-16)21(18,19-14-8-3-1-4-9-14)20-15-10-5-2-6-11-15/h1-6,8-11,17H,7,12-13H2. The number of para-hydroxylation sites is 2. The van der Waals surface area contributed by atoms with Gasteiger partial charge in [0.15, 0.2) is 5.34 Å². The third-order valence-electron chi connectivity index (χ3n) is 3.60. The number of hydrogen-bond acceptors (Lipinski definition) is 4. The Bertz CT molecular complexity index is 592. The zero-order chi connectivity index (χ0) is 14.8. The zero-order valence-corrected chi connectivity index (χ0v) is 12.4. The van der Waals surface area contributed by atoms with Crippen molar-refractivity contribution in [3.05, 3.63) is 60.7 Å². The third-order valence-corrected chi connectivity index (χ3v) is 5.97. The Hall–Kier alpha value is -1.77. The number of benzene rings is 2. The van der Waals surface area contributed by atoms with Crippen LogP contribution in [0.1, 0.15) is 19.3 Å². The van der Waals surface area contributed by atoms with Gasteiger partial charge in [0.1, 0.15) is 11.5 Å². The minimum absolute atomic E-state index is 0.421. The fourth-order valence-electron chi connectivity index (χ4n) is 2.20. The van der Waals surface area contributed by atoms with Crippen LogP contribution in [0.3, 0.4) is 0 Å². The Balaban J connectivity index is 1.90. The molecule has 0 spiro atoms. The van der Waals surface area contributed by atoms with E-state index in [4.69, 9.17) is 9.05 Å². The Morgan fingerprint density at radius 3 is 1.62 bits per heavy atom. The molecule has 2 aromatic carbocycles. The molecule has 1 aliphatic carbocycles. The molecular formula is C16H17O4P. The molecule has 5 heteroatoms. The number of hydrogen-bond donors (Lipinski definition) is 1. The van der Waals surface area contributed by atoms with E-state index < -0.39 is 12.9 Å². The van der Waals surface area contributed by atoms with E-state index in [9.17, 15) is 9.67 Å². The van der Waals surface area contributed by atoms with E-state index in [1.165, 1.54) is 0 Å². The van der Waals surface area contributed by atoms with Crippen molar-refractivity contribution in [2.45, 2.75) is 24.6 Å². The van der Waals surface area contributed by atoms with Crippen LogP contribution in [0, 0.1) is 0 Å². The van der Waals surface area contributed by atoms with Gasteiger partial charge in [0.25, 0.3) is 0 Å². The molecule has 1 N–H and O–H groups in total. The summed E-state index contributed by atoms with van der Waals surface area (Å²) in [6, 6.07) is 17.6. The van der Waals surface area contributed by atoms with E-state index in [0.717, 1.165) is 6.42 Å². The van der Waals surface area contributed by atoms with Gasteiger partial charge in [-0.3, -0.25) is 0 Å². The Labute approximate surface area is 123 Å². The monoisotopic (exact) mass is 304 g/mol. The lowest BCUT2D eigenvalue weighted by molar-refractivity contribution is 0.0247. The molecule has 0 bridgehead atoms. The summed E-state index contributed by atoms with van der Waals surface area (Å²) < 4.78 is 24.4. The van der Waals surface area contributed by atoms with Crippen LogP contribution in [0.25, 0.3) is 0 Å². The molecule has 2 aromatic rings. The van der Waals surface area contributed by atoms with Crippen molar-refractivity contribution < 1.29 is 18.7 Å². The summed E-state index contributed by atoms with van der Waals surface area (Å²) in [6.45, 7) is 0. The maximum atomic E-state index is 13.2. The molecule has 0 atom stereocenters. The van der Waals surface area contributed by atoms with Crippen molar-refractivity contribution in [2.24, 2.45) is 0 Å². The highest BCUT2D eigenvalue weighted by molar-refractivity contribution is 7.56. The van der Waals surface area contributed by atoms with Crippen molar-refractivity contribution in [1.29, 1.82) is 0 Å². The van der Waals surface area contributed by atoms with Gasteiger partial charge in [-0.1, -0.05) is 36.4 Å². The van der Waals surface area contributed by atoms with E-state index in [-0.39, 0.29) is 0 Å². The summed E-state index contributed by atoms with van der Waals surface area (Å²) in [6.07, 6.45) is 1.66. The molecule has 1 saturated carbocycles. The highest BCUT2D eigenvalue weighted by Gasteiger charge is 2.56. The van der Waals surface area contributed by atoms with E-state index in [2.05, 4.69) is 0 Å². The highest BCUT2D eigenvalue weighted by atomic mass is 31.2. The van der Waals surface area contributed by atoms with Crippen LogP contribution in [0.2, 0.25) is 0 Å². The van der Waals surface area contributed by atoms with Crippen LogP contribution >= 0.6 is 7.60 Å². The minimum Gasteiger partial charge on any atom is -0.414 e. The summed E-state index contributed by atoms with van der Waals surface area (Å²) in [5.41, 5.74) is 0. The van der Waals surface area contributed by atoms with E-state index in [1.807, 2.05) is 12.1 Å². The van der Waals surface area contributed by atoms with Gasteiger partial charge >= 0.3 is 7.60 Å². The highest BCUT2D eigenvalue weighted by Crippen LogP contribution is 2.65. The predicted molar refractivity (Wildman–Crippen MR) is 80.5 cm³/mol. The van der Waals surface area contributed by atoms with E-state index >= 15 is 0 Å². The smallest absolute Gasteiger partial charge is 0.414 e. The van der Waals surface area contributed by atoms with Gasteiger partial charge in [-0.2, -0.15) is 0 Å². The van der Waals surface area contributed by atoms with Crippen molar-refractivity contribution >= 4 is 7.60 Å². The predicted octanol–water partition coefficient (Wildman–Crippen LogP) is 4.21. The average molecular weight is 304 g/mol. The molecule has 0 saturated heterocycles. The fourth-order valence-corrected chi connectivity index (χ4v) is 4.24. The first-order valence-corrected chi connectivity index (χ1v) is 8.47. The Morgan fingerprint density at radius 1 is 0.857 bits per heavy atom. The summed E-state index contributed by atoms with van der Waals surface area (Å²) in [7, 11) is -3.72. The lowest BCUT2D eigenvalue weighted by Gasteiger charge is -2.40. The van der Waals surface area contributed by atoms with Crippen LogP contribution in [-0.2, 0) is 4.57 Å². The van der Waals surface area contributed by atoms with Crippen molar-refractivity contribution in [3.8, 4) is 11.5 Å². The number of aliphatic hydroxyl groups is 1. The quantitative estimate of drug-likeness (QED) is 0.841. The van der Waals surface area contributed by atoms with Gasteiger partial charge in [0.05, 0.1) is 0 Å². The van der Waals surface area contributed by atoms with Crippen LogP contribution in [0.15, 0.2) is 60.7 Å². The summed E-state index contributed by atoms with van der Waals surface area (Å²) in [5.74, 6) is 0.856. The molecule has 0 amide bonds. The van der Waals surface area contributed by atoms with Crippen LogP contribution in [0.5, 0.6) is 11.5 Å². The van der Waals surface area contributed by atoms with Crippen LogP contribution < -0.4 is 9.05 Å². The Morgan fingerprint density at radius 2 is 1.29 bits per heavy atom. The molecule has 0 heterocycles. The second-order valence-corrected chi connectivity index (χ2v) is 7.33. The fraction of sp³-hybridized carbons (Fsp3) is 0.250. The van der Waals surface area contributed by atoms with E-state index in [1.54, 1.807) is 48.5 Å². The van der Waals surface area contributed by atoms with Gasteiger partial charge in [-0.15, -0.1) is 0 Å². The minimum atomic E-state index is -3.72. The molecule has 110 valence electrons. The van der Waals surface area contributed by atoms with Crippen LogP contribution in [-0.4, -0.2) is 10.4 Å². The average Bonchev–Trinajstić information content (AvgIpc) is 2.46. The largest absolute Gasteiger partial charge is 0.462 e. The first-order valence-electron chi connectivity index (χ1n) is 6.93. The topological polar surface area (TPSA) is 55.8 Å². The Kier molecular flexibility index (Phi) is 3.75. The second kappa shape index (κ2) is 5.55. The molecule has 0 unspecified atom stereocenters. The molecule has 21 heavy (non-hydrogen) atoms. The molecular weight excluding hydrogens is 287 g/mol. The maximum Gasteiger partial charge on any atom is 0.462 e. The van der Waals surface area contributed by atoms with Gasteiger partial charge < -0.3 is 14.2 Å². The van der Waals surface area contributed by atoms with Gasteiger partial charge in [0.2, 0.25) is 0 Å². The molecule has 3 rings (SSSR count). The molecule has 4 nitrogen and oxygen atoms in total. The van der Waals surface area contributed by atoms with Gasteiger partial charge in [-0.05, 0) is 43.5 Å². The first kappa shape index (κ1) is 14.2. The molecule has 0 radical (unpaired) electrons. The van der Waals surface area contributed by atoms with Gasteiger partial charge in [0, 0.05) is 0 Å². The summed E-state index contributed by atoms with van der Waals surface area (Å²) >= 11 is 0. The maximum absolute atomic E-state index is 13.2. The zero-order valence-electron chi connectivity index (χ0n) is 11.5. The first-order chi connectivity index (χ1) is 10.1. The molecule has 0 aliphatic heterocycles. The van der Waals surface area contributed by atoms with Crippen molar-refractivity contribution in [1.82, 2.24) is 0 Å². The molecule has 1 aliphatic rings. The van der Waals surface area contributed by atoms with Crippen molar-refractivity contribution in [3.63, 3.8) is 0 Å². The SMILES string of the molecule is O=P(Oc1ccccc1)(Oc1ccccc1)C1(O)CCC1. The summed E-state index contributed by atoms with van der Waals surface area (Å²) in [5, 5.41) is 9.13. The lowest BCUT2D eigenvalue weighted by Crippen LogP contribution is -2.39. The van der Waals surface area contributed by atoms with Gasteiger partial charge in [-0.25, -0.2) is 4.57 Å². The number of rotatable bonds is 5. The van der Waals surface area contributed by atoms with Crippen molar-refractivity contribution in [2.75, 3.05) is 0 Å². The lowest BCUT2D eigenvalue weighted by atomic mass is 9.95. The second-order valence-electron chi connectivity index (χ2n) is 5.14. The molecule has 1 fully saturated rings. The van der Waals surface area contributed by atoms with E-state index in [0.29, 0.717) is 24.3 Å². The summed E-state index contributed by atoms with van der Waals surface area (Å²) in [4.78, 5) is 0. The third kappa shape index (κ3) is 2.82.